The molecule has 2 aromatic heterocycles. The summed E-state index contributed by atoms with van der Waals surface area (Å²) in [6, 6.07) is 6.57. The van der Waals surface area contributed by atoms with Gasteiger partial charge >= 0.3 is 5.97 Å². The highest BCUT2D eigenvalue weighted by molar-refractivity contribution is 5.68. The largest absolute Gasteiger partial charge is 0.481 e. The summed E-state index contributed by atoms with van der Waals surface area (Å²) in [4.78, 5) is 23.3. The summed E-state index contributed by atoms with van der Waals surface area (Å²) in [5.74, 6) is 0.743. The number of pyridine rings is 2. The van der Waals surface area contributed by atoms with Crippen LogP contribution in [0.4, 0.5) is 5.82 Å². The number of carboxylic acid groups (broad SMARTS) is 1. The zero-order valence-electron chi connectivity index (χ0n) is 20.6. The van der Waals surface area contributed by atoms with Crippen molar-refractivity contribution in [3.8, 4) is 0 Å². The highest BCUT2D eigenvalue weighted by Gasteiger charge is 2.27. The Balaban J connectivity index is 1.10. The van der Waals surface area contributed by atoms with E-state index in [1.807, 2.05) is 12.4 Å². The molecule has 0 spiro atoms. The first kappa shape index (κ1) is 24.2. The summed E-state index contributed by atoms with van der Waals surface area (Å²) in [5.41, 5.74) is 4.75. The van der Waals surface area contributed by atoms with Crippen LogP contribution in [0.3, 0.4) is 0 Å². The van der Waals surface area contributed by atoms with Crippen molar-refractivity contribution in [1.82, 2.24) is 14.9 Å². The molecule has 0 unspecified atom stereocenters. The summed E-state index contributed by atoms with van der Waals surface area (Å²) in [5, 5.41) is 12.9. The number of carbonyl (C=O) groups is 1. The van der Waals surface area contributed by atoms with Crippen molar-refractivity contribution < 1.29 is 14.6 Å². The van der Waals surface area contributed by atoms with Gasteiger partial charge in [0.15, 0.2) is 0 Å². The first-order valence-electron chi connectivity index (χ1n) is 13.4. The predicted molar refractivity (Wildman–Crippen MR) is 136 cm³/mol. The molecule has 7 heteroatoms. The molecule has 2 aliphatic heterocycles. The van der Waals surface area contributed by atoms with Gasteiger partial charge in [-0.15, -0.1) is 0 Å². The molecule has 4 heterocycles. The van der Waals surface area contributed by atoms with Gasteiger partial charge in [-0.1, -0.05) is 12.1 Å². The van der Waals surface area contributed by atoms with Crippen molar-refractivity contribution in [3.05, 3.63) is 53.0 Å². The minimum atomic E-state index is -0.785. The van der Waals surface area contributed by atoms with Crippen LogP contribution in [-0.4, -0.2) is 64.8 Å². The number of nitrogens with one attached hydrogen (secondary N) is 1. The molecule has 1 aliphatic carbocycles. The molecule has 0 bridgehead atoms. The van der Waals surface area contributed by atoms with Gasteiger partial charge in [-0.3, -0.25) is 9.78 Å². The van der Waals surface area contributed by atoms with Crippen LogP contribution in [0.25, 0.3) is 0 Å². The second kappa shape index (κ2) is 11.5. The summed E-state index contributed by atoms with van der Waals surface area (Å²) in [7, 11) is 0. The van der Waals surface area contributed by atoms with Crippen LogP contribution < -0.4 is 5.32 Å². The number of rotatable bonds is 11. The number of piperidine rings is 1. The number of anilines is 1. The highest BCUT2D eigenvalue weighted by Crippen LogP contribution is 2.40. The molecular formula is C28H38N4O3. The Morgan fingerprint density at radius 1 is 1.23 bits per heavy atom. The molecule has 35 heavy (non-hydrogen) atoms. The fourth-order valence-electron chi connectivity index (χ4n) is 5.42. The van der Waals surface area contributed by atoms with Gasteiger partial charge in [0.05, 0.1) is 19.1 Å². The van der Waals surface area contributed by atoms with Crippen LogP contribution in [0, 0.1) is 0 Å². The molecule has 188 valence electrons. The third-order valence-electron chi connectivity index (χ3n) is 7.58. The third kappa shape index (κ3) is 6.79. The number of ether oxygens (including phenoxy) is 1. The standard InChI is InChI=1S/C28H38N4O3/c33-27(34)15-24(23-14-22(16-29-17-23)20-7-8-20)19-35-26-6-3-13-32(18-26)12-2-5-25-10-9-21-4-1-11-30-28(21)31-25/h9-10,14,16-17,20,24,26H,1-8,11-13,15,18-19H2,(H,30,31)(H,33,34)/t24-,26+/m0/s1. The topological polar surface area (TPSA) is 87.6 Å². The van der Waals surface area contributed by atoms with Gasteiger partial charge in [0.25, 0.3) is 0 Å². The maximum atomic E-state index is 11.5. The van der Waals surface area contributed by atoms with E-state index in [4.69, 9.17) is 9.72 Å². The molecule has 1 saturated carbocycles. The van der Waals surface area contributed by atoms with E-state index < -0.39 is 5.97 Å². The van der Waals surface area contributed by atoms with Gasteiger partial charge in [0.1, 0.15) is 5.82 Å². The number of aliphatic carboxylic acids is 1. The molecule has 5 rings (SSSR count). The number of hydrogen-bond acceptors (Lipinski definition) is 6. The molecule has 2 atom stereocenters. The predicted octanol–water partition coefficient (Wildman–Crippen LogP) is 4.38. The Morgan fingerprint density at radius 3 is 3.00 bits per heavy atom. The summed E-state index contributed by atoms with van der Waals surface area (Å²) < 4.78 is 6.32. The third-order valence-corrected chi connectivity index (χ3v) is 7.58. The Labute approximate surface area is 208 Å². The molecular weight excluding hydrogens is 440 g/mol. The molecule has 2 aromatic rings. The number of likely N-dealkylation sites (tertiary alicyclic amines) is 1. The lowest BCUT2D eigenvalue weighted by Gasteiger charge is -2.33. The zero-order valence-corrected chi connectivity index (χ0v) is 20.6. The Morgan fingerprint density at radius 2 is 2.14 bits per heavy atom. The average molecular weight is 479 g/mol. The van der Waals surface area contributed by atoms with Gasteiger partial charge in [0, 0.05) is 37.1 Å². The van der Waals surface area contributed by atoms with Crippen molar-refractivity contribution in [2.45, 2.75) is 75.7 Å². The van der Waals surface area contributed by atoms with Gasteiger partial charge in [0.2, 0.25) is 0 Å². The first-order valence-corrected chi connectivity index (χ1v) is 13.4. The van der Waals surface area contributed by atoms with E-state index in [0.717, 1.165) is 69.7 Å². The van der Waals surface area contributed by atoms with E-state index in [0.29, 0.717) is 12.5 Å². The van der Waals surface area contributed by atoms with E-state index in [1.165, 1.54) is 36.1 Å². The van der Waals surface area contributed by atoms with Crippen LogP contribution in [-0.2, 0) is 22.4 Å². The van der Waals surface area contributed by atoms with E-state index >= 15 is 0 Å². The number of carboxylic acids is 1. The number of hydrogen-bond donors (Lipinski definition) is 2. The van der Waals surface area contributed by atoms with Crippen LogP contribution in [0.1, 0.15) is 79.2 Å². The number of aromatic nitrogens is 2. The van der Waals surface area contributed by atoms with Crippen molar-refractivity contribution in [1.29, 1.82) is 0 Å². The van der Waals surface area contributed by atoms with E-state index in [2.05, 4.69) is 33.4 Å². The smallest absolute Gasteiger partial charge is 0.304 e. The molecule has 7 nitrogen and oxygen atoms in total. The van der Waals surface area contributed by atoms with E-state index in [-0.39, 0.29) is 18.4 Å². The van der Waals surface area contributed by atoms with E-state index in [9.17, 15) is 9.90 Å². The van der Waals surface area contributed by atoms with Gasteiger partial charge in [-0.25, -0.2) is 4.98 Å². The lowest BCUT2D eigenvalue weighted by molar-refractivity contribution is -0.138. The normalized spacial score (nSPS) is 21.2. The van der Waals surface area contributed by atoms with E-state index in [1.54, 1.807) is 0 Å². The van der Waals surface area contributed by atoms with Crippen LogP contribution in [0.5, 0.6) is 0 Å². The maximum Gasteiger partial charge on any atom is 0.304 e. The number of nitrogens with zero attached hydrogens (tertiary/aromatic N) is 3. The summed E-state index contributed by atoms with van der Waals surface area (Å²) in [6.07, 6.45) is 12.9. The second-order valence-electron chi connectivity index (χ2n) is 10.5. The van der Waals surface area contributed by atoms with Crippen LogP contribution in [0.15, 0.2) is 30.6 Å². The summed E-state index contributed by atoms with van der Waals surface area (Å²) >= 11 is 0. The number of fused-ring (bicyclic) bond motifs is 1. The lowest BCUT2D eigenvalue weighted by Crippen LogP contribution is -2.40. The minimum Gasteiger partial charge on any atom is -0.481 e. The minimum absolute atomic E-state index is 0.0782. The lowest BCUT2D eigenvalue weighted by atomic mass is 9.96. The Kier molecular flexibility index (Phi) is 7.94. The fraction of sp³-hybridized carbons (Fsp3) is 0.607. The number of aryl methyl sites for hydroxylation is 2. The van der Waals surface area contributed by atoms with Crippen molar-refractivity contribution in [3.63, 3.8) is 0 Å². The fourth-order valence-corrected chi connectivity index (χ4v) is 5.42. The average Bonchev–Trinajstić information content (AvgIpc) is 3.72. The van der Waals surface area contributed by atoms with Crippen molar-refractivity contribution >= 4 is 11.8 Å². The highest BCUT2D eigenvalue weighted by atomic mass is 16.5. The SMILES string of the molecule is O=C(O)C[C@@H](CO[C@@H]1CCCN(CCCc2ccc3c(n2)NCCC3)C1)c1cncc(C2CC2)c1. The second-order valence-corrected chi connectivity index (χ2v) is 10.5. The molecule has 2 fully saturated rings. The molecule has 0 aromatic carbocycles. The summed E-state index contributed by atoms with van der Waals surface area (Å²) in [6.45, 7) is 4.52. The molecule has 0 radical (unpaired) electrons. The van der Waals surface area contributed by atoms with Crippen molar-refractivity contribution in [2.75, 3.05) is 38.1 Å². The molecule has 1 saturated heterocycles. The van der Waals surface area contributed by atoms with Crippen molar-refractivity contribution in [2.24, 2.45) is 0 Å². The monoisotopic (exact) mass is 478 g/mol. The molecule has 2 N–H and O–H groups in total. The van der Waals surface area contributed by atoms with Gasteiger partial charge in [-0.2, -0.15) is 0 Å². The van der Waals surface area contributed by atoms with Crippen LogP contribution >= 0.6 is 0 Å². The Hall–Kier alpha value is -2.51. The molecule has 3 aliphatic rings. The zero-order chi connectivity index (χ0) is 24.0. The molecule has 0 amide bonds. The maximum absolute atomic E-state index is 11.5. The van der Waals surface area contributed by atoms with Gasteiger partial charge < -0.3 is 20.1 Å². The Bertz CT molecular complexity index is 1010. The van der Waals surface area contributed by atoms with Crippen LogP contribution in [0.2, 0.25) is 0 Å². The first-order chi connectivity index (χ1) is 17.1. The van der Waals surface area contributed by atoms with Gasteiger partial charge in [-0.05, 0) is 93.1 Å². The quantitative estimate of drug-likeness (QED) is 0.495.